The van der Waals surface area contributed by atoms with Gasteiger partial charge in [0.25, 0.3) is 0 Å². The topological polar surface area (TPSA) is 130 Å². The molecule has 3 N–H and O–H groups in total. The fourth-order valence-electron chi connectivity index (χ4n) is 3.71. The van der Waals surface area contributed by atoms with Crippen molar-refractivity contribution >= 4 is 41.2 Å². The molecule has 2 atom stereocenters. The van der Waals surface area contributed by atoms with E-state index in [9.17, 15) is 24.0 Å². The number of rotatable bonds is 14. The van der Waals surface area contributed by atoms with Crippen LogP contribution in [0.3, 0.4) is 0 Å². The lowest BCUT2D eigenvalue weighted by Crippen LogP contribution is -2.49. The van der Waals surface area contributed by atoms with Crippen LogP contribution in [-0.2, 0) is 24.0 Å². The number of nitrogens with zero attached hydrogens (tertiary/aromatic N) is 2. The summed E-state index contributed by atoms with van der Waals surface area (Å²) < 4.78 is 0. The van der Waals surface area contributed by atoms with Crippen LogP contribution < -0.4 is 11.1 Å². The minimum Gasteiger partial charge on any atom is -0.353 e. The molecule has 0 spiro atoms. The van der Waals surface area contributed by atoms with Gasteiger partial charge in [-0.25, -0.2) is 0 Å². The Labute approximate surface area is 207 Å². The highest BCUT2D eigenvalue weighted by Crippen LogP contribution is 2.31. The van der Waals surface area contributed by atoms with Crippen LogP contribution in [0.4, 0.5) is 0 Å². The van der Waals surface area contributed by atoms with Crippen molar-refractivity contribution in [3.05, 3.63) is 0 Å². The fourth-order valence-corrected chi connectivity index (χ4v) is 4.88. The molecule has 0 radical (unpaired) electrons. The van der Waals surface area contributed by atoms with Gasteiger partial charge in [0.15, 0.2) is 0 Å². The minimum absolute atomic E-state index is 0.0212. The molecule has 1 fully saturated rings. The van der Waals surface area contributed by atoms with Crippen molar-refractivity contribution in [3.8, 4) is 0 Å². The molecule has 4 amide bonds. The highest BCUT2D eigenvalue weighted by Gasteiger charge is 2.44. The normalized spacial score (nSPS) is 17.3. The van der Waals surface area contributed by atoms with E-state index in [0.717, 1.165) is 18.6 Å². The number of carbonyl (C=O) groups excluding carboxylic acids is 5. The van der Waals surface area contributed by atoms with E-state index in [1.165, 1.54) is 21.6 Å². The first-order valence-corrected chi connectivity index (χ1v) is 13.1. The molecule has 9 nitrogen and oxygen atoms in total. The first-order chi connectivity index (χ1) is 15.8. The number of ketones is 1. The molecule has 1 saturated heterocycles. The summed E-state index contributed by atoms with van der Waals surface area (Å²) in [7, 11) is 1.56. The third-order valence-electron chi connectivity index (χ3n) is 5.78. The number of amides is 4. The molecule has 1 rings (SSSR count). The molecule has 1 unspecified atom stereocenters. The molecule has 0 saturated carbocycles. The van der Waals surface area contributed by atoms with Crippen LogP contribution in [-0.4, -0.2) is 81.9 Å². The molecule has 1 heterocycles. The summed E-state index contributed by atoms with van der Waals surface area (Å²) in [6.45, 7) is 9.67. The number of likely N-dealkylation sites (N-methyl/N-ethyl adjacent to an activating group) is 1. The van der Waals surface area contributed by atoms with E-state index >= 15 is 0 Å². The molecule has 0 bridgehead atoms. The summed E-state index contributed by atoms with van der Waals surface area (Å²) in [6, 6.07) is -0.846. The molecular formula is C24H42N4O5S. The summed E-state index contributed by atoms with van der Waals surface area (Å²) in [6.07, 6.45) is 2.75. The molecule has 0 aromatic heterocycles. The summed E-state index contributed by atoms with van der Waals surface area (Å²) in [5.41, 5.74) is 4.94. The van der Waals surface area contributed by atoms with Gasteiger partial charge in [-0.2, -0.15) is 0 Å². The van der Waals surface area contributed by atoms with Gasteiger partial charge in [0, 0.05) is 50.9 Å². The van der Waals surface area contributed by atoms with Crippen LogP contribution >= 0.6 is 11.8 Å². The van der Waals surface area contributed by atoms with E-state index in [1.807, 2.05) is 20.8 Å². The largest absolute Gasteiger partial charge is 0.353 e. The Hall–Kier alpha value is -1.94. The SMILES string of the molecule is CC(C)C(=O)C[C@@H](C(=O)NCCN)N(C)C(=O)CCCCCSC1CC(=O)N(C(C)(C)C)C1=O. The minimum atomic E-state index is -0.846. The lowest BCUT2D eigenvalue weighted by Gasteiger charge is -2.30. The van der Waals surface area contributed by atoms with Crippen molar-refractivity contribution in [2.24, 2.45) is 11.7 Å². The third kappa shape index (κ3) is 9.02. The maximum absolute atomic E-state index is 12.7. The van der Waals surface area contributed by atoms with Crippen LogP contribution in [0.25, 0.3) is 0 Å². The highest BCUT2D eigenvalue weighted by molar-refractivity contribution is 8.00. The van der Waals surface area contributed by atoms with Gasteiger partial charge in [-0.15, -0.1) is 11.8 Å². The Balaban J connectivity index is 2.46. The second-order valence-corrected chi connectivity index (χ2v) is 11.3. The molecule has 34 heavy (non-hydrogen) atoms. The number of likely N-dealkylation sites (tertiary alicyclic amines) is 1. The Morgan fingerprint density at radius 1 is 1.18 bits per heavy atom. The Morgan fingerprint density at radius 3 is 2.35 bits per heavy atom. The number of Topliss-reactive ketones (excluding diaryl/α,β-unsaturated/α-hetero) is 1. The zero-order chi connectivity index (χ0) is 26.1. The van der Waals surface area contributed by atoms with Crippen LogP contribution in [0.2, 0.25) is 0 Å². The van der Waals surface area contributed by atoms with Crippen molar-refractivity contribution in [2.75, 3.05) is 25.9 Å². The van der Waals surface area contributed by atoms with E-state index in [0.29, 0.717) is 6.42 Å². The van der Waals surface area contributed by atoms with E-state index < -0.39 is 11.6 Å². The van der Waals surface area contributed by atoms with Crippen molar-refractivity contribution in [1.29, 1.82) is 0 Å². The number of unbranched alkanes of at least 4 members (excludes halogenated alkanes) is 2. The first kappa shape index (κ1) is 30.1. The maximum atomic E-state index is 12.7. The van der Waals surface area contributed by atoms with E-state index in [2.05, 4.69) is 5.32 Å². The lowest BCUT2D eigenvalue weighted by atomic mass is 9.99. The summed E-state index contributed by atoms with van der Waals surface area (Å²) in [5.74, 6) is -0.350. The average molecular weight is 499 g/mol. The Bertz CT molecular complexity index is 750. The Morgan fingerprint density at radius 2 is 1.82 bits per heavy atom. The van der Waals surface area contributed by atoms with Gasteiger partial charge in [-0.3, -0.25) is 28.9 Å². The number of hydrogen-bond acceptors (Lipinski definition) is 7. The summed E-state index contributed by atoms with van der Waals surface area (Å²) in [4.78, 5) is 64.8. The van der Waals surface area contributed by atoms with Gasteiger partial charge < -0.3 is 16.0 Å². The van der Waals surface area contributed by atoms with Crippen molar-refractivity contribution in [1.82, 2.24) is 15.1 Å². The second kappa shape index (κ2) is 13.8. The van der Waals surface area contributed by atoms with E-state index in [-0.39, 0.29) is 72.9 Å². The zero-order valence-electron chi connectivity index (χ0n) is 21.5. The smallest absolute Gasteiger partial charge is 0.243 e. The number of carbonyl (C=O) groups is 5. The van der Waals surface area contributed by atoms with Crippen LogP contribution in [0.5, 0.6) is 0 Å². The fraction of sp³-hybridized carbons (Fsp3) is 0.792. The van der Waals surface area contributed by atoms with Gasteiger partial charge >= 0.3 is 0 Å². The maximum Gasteiger partial charge on any atom is 0.243 e. The molecule has 1 aliphatic rings. The predicted molar refractivity (Wildman–Crippen MR) is 134 cm³/mol. The molecular weight excluding hydrogens is 456 g/mol. The third-order valence-corrected chi connectivity index (χ3v) is 7.07. The summed E-state index contributed by atoms with van der Waals surface area (Å²) in [5, 5.41) is 2.35. The van der Waals surface area contributed by atoms with Crippen LogP contribution in [0.1, 0.15) is 73.1 Å². The number of hydrogen-bond donors (Lipinski definition) is 2. The predicted octanol–water partition coefficient (Wildman–Crippen LogP) is 1.72. The Kier molecular flexibility index (Phi) is 12.2. The van der Waals surface area contributed by atoms with Crippen molar-refractivity contribution in [2.45, 2.75) is 90.0 Å². The molecule has 0 aromatic rings. The van der Waals surface area contributed by atoms with Gasteiger partial charge in [-0.1, -0.05) is 20.3 Å². The number of imide groups is 1. The van der Waals surface area contributed by atoms with Crippen molar-refractivity contribution in [3.63, 3.8) is 0 Å². The molecule has 194 valence electrons. The number of thioether (sulfide) groups is 1. The van der Waals surface area contributed by atoms with E-state index in [4.69, 9.17) is 5.73 Å². The van der Waals surface area contributed by atoms with Gasteiger partial charge in [0.05, 0.1) is 5.25 Å². The van der Waals surface area contributed by atoms with Crippen LogP contribution in [0.15, 0.2) is 0 Å². The zero-order valence-corrected chi connectivity index (χ0v) is 22.3. The standard InChI is InChI=1S/C24H42N4O5S/c1-16(2)18(29)14-17(22(32)26-12-11-25)27(6)20(30)10-8-7-9-13-34-19-15-21(31)28(23(19)33)24(3,4)5/h16-17,19H,7-15,25H2,1-6H3,(H,26,32)/t17-,19?/m0/s1. The number of nitrogens with one attached hydrogen (secondary N) is 1. The van der Waals surface area contributed by atoms with Gasteiger partial charge in [-0.05, 0) is 39.4 Å². The second-order valence-electron chi connectivity index (χ2n) is 10.0. The average Bonchev–Trinajstić information content (AvgIpc) is 3.04. The van der Waals surface area contributed by atoms with Gasteiger partial charge in [0.2, 0.25) is 23.6 Å². The molecule has 10 heteroatoms. The number of nitrogens with two attached hydrogens (primary N) is 1. The molecule has 0 aliphatic carbocycles. The monoisotopic (exact) mass is 498 g/mol. The van der Waals surface area contributed by atoms with Gasteiger partial charge in [0.1, 0.15) is 11.8 Å². The van der Waals surface area contributed by atoms with Crippen molar-refractivity contribution < 1.29 is 24.0 Å². The molecule has 1 aliphatic heterocycles. The molecule has 0 aromatic carbocycles. The highest BCUT2D eigenvalue weighted by atomic mass is 32.2. The summed E-state index contributed by atoms with van der Waals surface area (Å²) >= 11 is 1.50. The first-order valence-electron chi connectivity index (χ1n) is 12.1. The van der Waals surface area contributed by atoms with E-state index in [1.54, 1.807) is 20.9 Å². The lowest BCUT2D eigenvalue weighted by molar-refractivity contribution is -0.143. The van der Waals surface area contributed by atoms with Crippen LogP contribution in [0, 0.1) is 5.92 Å². The quantitative estimate of drug-likeness (QED) is 0.275.